The quantitative estimate of drug-likeness (QED) is 0.625. The third-order valence-electron chi connectivity index (χ3n) is 5.03. The van der Waals surface area contributed by atoms with E-state index in [2.05, 4.69) is 35.4 Å². The fourth-order valence-electron chi connectivity index (χ4n) is 3.47. The van der Waals surface area contributed by atoms with Gasteiger partial charge in [0, 0.05) is 36.9 Å². The van der Waals surface area contributed by atoms with Crippen LogP contribution in [0.3, 0.4) is 0 Å². The molecule has 0 bridgehead atoms. The molecule has 1 heterocycles. The van der Waals surface area contributed by atoms with Gasteiger partial charge in [-0.15, -0.1) is 11.8 Å². The first kappa shape index (κ1) is 18.4. The zero-order chi connectivity index (χ0) is 17.7. The molecular weight excluding hydrogens is 336 g/mol. The zero-order valence-corrected chi connectivity index (χ0v) is 15.4. The maximum atomic E-state index is 14.4. The molecule has 4 heteroatoms. The number of halogens is 2. The van der Waals surface area contributed by atoms with E-state index in [1.807, 2.05) is 30.3 Å². The van der Waals surface area contributed by atoms with Gasteiger partial charge in [0.25, 0.3) is 5.92 Å². The fraction of sp³-hybridized carbons (Fsp3) is 0.429. The van der Waals surface area contributed by atoms with Gasteiger partial charge in [0.05, 0.1) is 0 Å². The average molecular weight is 362 g/mol. The highest BCUT2D eigenvalue weighted by atomic mass is 32.2. The molecule has 0 aliphatic carbocycles. The maximum absolute atomic E-state index is 14.4. The number of benzene rings is 2. The highest BCUT2D eigenvalue weighted by molar-refractivity contribution is 7.98. The number of alkyl halides is 2. The summed E-state index contributed by atoms with van der Waals surface area (Å²) in [7, 11) is 0. The van der Waals surface area contributed by atoms with Crippen molar-refractivity contribution in [2.75, 3.05) is 19.3 Å². The molecule has 2 aromatic rings. The number of likely N-dealkylation sites (tertiary alicyclic amines) is 1. The second-order valence-corrected chi connectivity index (χ2v) is 7.70. The molecule has 0 amide bonds. The van der Waals surface area contributed by atoms with Gasteiger partial charge in [0.2, 0.25) is 0 Å². The number of hydrogen-bond donors (Lipinski definition) is 0. The summed E-state index contributed by atoms with van der Waals surface area (Å²) in [5.74, 6) is -3.11. The van der Waals surface area contributed by atoms with Gasteiger partial charge in [-0.05, 0) is 42.4 Å². The van der Waals surface area contributed by atoms with Crippen LogP contribution in [-0.4, -0.2) is 30.2 Å². The van der Waals surface area contributed by atoms with Gasteiger partial charge >= 0.3 is 0 Å². The standard InChI is InChI=1S/C21H25F2NS/c1-25-20-11-8-18(9-12-20)15-24-14-13-21(22,23)19(16-24)10-7-17-5-3-2-4-6-17/h2-6,8-9,11-12,19H,7,10,13-16H2,1H3. The first-order valence-corrected chi connectivity index (χ1v) is 10.1. The third-order valence-corrected chi connectivity index (χ3v) is 5.77. The van der Waals surface area contributed by atoms with E-state index in [4.69, 9.17) is 0 Å². The van der Waals surface area contributed by atoms with E-state index in [1.165, 1.54) is 10.5 Å². The van der Waals surface area contributed by atoms with Crippen LogP contribution in [0.5, 0.6) is 0 Å². The van der Waals surface area contributed by atoms with Crippen molar-refractivity contribution < 1.29 is 8.78 Å². The van der Waals surface area contributed by atoms with Crippen LogP contribution in [0.15, 0.2) is 59.5 Å². The highest BCUT2D eigenvalue weighted by Crippen LogP contribution is 2.36. The summed E-state index contributed by atoms with van der Waals surface area (Å²) in [6, 6.07) is 18.4. The summed E-state index contributed by atoms with van der Waals surface area (Å²) in [6.07, 6.45) is 3.28. The van der Waals surface area contributed by atoms with Crippen molar-refractivity contribution in [3.05, 3.63) is 65.7 Å². The second kappa shape index (κ2) is 8.33. The Morgan fingerprint density at radius 3 is 2.44 bits per heavy atom. The predicted molar refractivity (Wildman–Crippen MR) is 101 cm³/mol. The van der Waals surface area contributed by atoms with Crippen LogP contribution in [0, 0.1) is 5.92 Å². The van der Waals surface area contributed by atoms with E-state index in [0.29, 0.717) is 19.5 Å². The van der Waals surface area contributed by atoms with Crippen LogP contribution in [0.25, 0.3) is 0 Å². The molecule has 2 aromatic carbocycles. The van der Waals surface area contributed by atoms with Gasteiger partial charge in [-0.3, -0.25) is 4.90 Å². The predicted octanol–water partition coefficient (Wildman–Crippen LogP) is 5.50. The Bertz CT molecular complexity index is 657. The van der Waals surface area contributed by atoms with Crippen molar-refractivity contribution in [3.8, 4) is 0 Å². The second-order valence-electron chi connectivity index (χ2n) is 6.82. The Morgan fingerprint density at radius 1 is 1.04 bits per heavy atom. The van der Waals surface area contributed by atoms with E-state index in [0.717, 1.165) is 18.5 Å². The molecule has 134 valence electrons. The lowest BCUT2D eigenvalue weighted by Crippen LogP contribution is -2.46. The molecule has 0 saturated carbocycles. The van der Waals surface area contributed by atoms with Crippen LogP contribution < -0.4 is 0 Å². The number of piperidine rings is 1. The number of nitrogens with zero attached hydrogens (tertiary/aromatic N) is 1. The smallest absolute Gasteiger partial charge is 0.253 e. The molecule has 1 unspecified atom stereocenters. The van der Waals surface area contributed by atoms with Crippen LogP contribution in [0.4, 0.5) is 8.78 Å². The molecule has 0 spiro atoms. The highest BCUT2D eigenvalue weighted by Gasteiger charge is 2.43. The Labute approximate surface area is 153 Å². The lowest BCUT2D eigenvalue weighted by molar-refractivity contribution is -0.109. The normalized spacial score (nSPS) is 20.5. The summed E-state index contributed by atoms with van der Waals surface area (Å²) >= 11 is 1.72. The number of rotatable bonds is 6. The molecule has 1 aliphatic rings. The van der Waals surface area contributed by atoms with Gasteiger partial charge in [0.15, 0.2) is 0 Å². The maximum Gasteiger partial charge on any atom is 0.253 e. The van der Waals surface area contributed by atoms with Crippen LogP contribution in [0.2, 0.25) is 0 Å². The molecule has 1 aliphatic heterocycles. The minimum Gasteiger partial charge on any atom is -0.298 e. The molecule has 3 rings (SSSR count). The monoisotopic (exact) mass is 361 g/mol. The summed E-state index contributed by atoms with van der Waals surface area (Å²) < 4.78 is 28.7. The average Bonchev–Trinajstić information content (AvgIpc) is 2.63. The lowest BCUT2D eigenvalue weighted by atomic mass is 9.88. The van der Waals surface area contributed by atoms with Crippen LogP contribution >= 0.6 is 11.8 Å². The minimum atomic E-state index is -2.55. The third kappa shape index (κ3) is 5.05. The Morgan fingerprint density at radius 2 is 1.76 bits per heavy atom. The largest absolute Gasteiger partial charge is 0.298 e. The van der Waals surface area contributed by atoms with E-state index in [-0.39, 0.29) is 6.42 Å². The topological polar surface area (TPSA) is 3.24 Å². The number of aryl methyl sites for hydroxylation is 1. The molecule has 0 N–H and O–H groups in total. The van der Waals surface area contributed by atoms with Crippen molar-refractivity contribution in [1.29, 1.82) is 0 Å². The molecule has 0 radical (unpaired) electrons. The van der Waals surface area contributed by atoms with E-state index in [1.54, 1.807) is 11.8 Å². The summed E-state index contributed by atoms with van der Waals surface area (Å²) in [6.45, 7) is 1.70. The van der Waals surface area contributed by atoms with Crippen LogP contribution in [-0.2, 0) is 13.0 Å². The lowest BCUT2D eigenvalue weighted by Gasteiger charge is -2.38. The SMILES string of the molecule is CSc1ccc(CN2CCC(F)(F)C(CCc3ccccc3)C2)cc1. The fourth-order valence-corrected chi connectivity index (χ4v) is 3.88. The van der Waals surface area contributed by atoms with E-state index >= 15 is 0 Å². The van der Waals surface area contributed by atoms with E-state index < -0.39 is 11.8 Å². The molecule has 1 nitrogen and oxygen atoms in total. The molecule has 1 fully saturated rings. The first-order chi connectivity index (χ1) is 12.1. The zero-order valence-electron chi connectivity index (χ0n) is 14.6. The van der Waals surface area contributed by atoms with Gasteiger partial charge in [-0.25, -0.2) is 8.78 Å². The van der Waals surface area contributed by atoms with E-state index in [9.17, 15) is 8.78 Å². The van der Waals surface area contributed by atoms with Crippen molar-refractivity contribution in [2.45, 2.75) is 36.6 Å². The van der Waals surface area contributed by atoms with Gasteiger partial charge < -0.3 is 0 Å². The Hall–Kier alpha value is -1.39. The molecule has 25 heavy (non-hydrogen) atoms. The van der Waals surface area contributed by atoms with Crippen molar-refractivity contribution in [1.82, 2.24) is 4.90 Å². The first-order valence-electron chi connectivity index (χ1n) is 8.84. The van der Waals surface area contributed by atoms with Gasteiger partial charge in [-0.2, -0.15) is 0 Å². The van der Waals surface area contributed by atoms with Gasteiger partial charge in [-0.1, -0.05) is 42.5 Å². The number of thioether (sulfide) groups is 1. The van der Waals surface area contributed by atoms with Crippen molar-refractivity contribution in [2.24, 2.45) is 5.92 Å². The molecule has 1 saturated heterocycles. The Kier molecular flexibility index (Phi) is 6.13. The summed E-state index contributed by atoms with van der Waals surface area (Å²) in [5, 5.41) is 0. The van der Waals surface area contributed by atoms with Crippen molar-refractivity contribution in [3.63, 3.8) is 0 Å². The molecule has 1 atom stereocenters. The van der Waals surface area contributed by atoms with Crippen LogP contribution in [0.1, 0.15) is 24.0 Å². The van der Waals surface area contributed by atoms with Crippen molar-refractivity contribution >= 4 is 11.8 Å². The molecule has 0 aromatic heterocycles. The number of hydrogen-bond acceptors (Lipinski definition) is 2. The molecular formula is C21H25F2NS. The van der Waals surface area contributed by atoms with Gasteiger partial charge in [0.1, 0.15) is 0 Å². The summed E-state index contributed by atoms with van der Waals surface area (Å²) in [5.41, 5.74) is 2.34. The minimum absolute atomic E-state index is 0.0324. The summed E-state index contributed by atoms with van der Waals surface area (Å²) in [4.78, 5) is 3.41. The Balaban J connectivity index is 1.59.